The molecule has 0 aliphatic heterocycles. The summed E-state index contributed by atoms with van der Waals surface area (Å²) in [7, 11) is 1.75. The number of ketones is 1. The molecule has 0 unspecified atom stereocenters. The van der Waals surface area contributed by atoms with Crippen molar-refractivity contribution in [2.75, 3.05) is 6.61 Å². The van der Waals surface area contributed by atoms with Crippen LogP contribution >= 0.6 is 0 Å². The molecule has 0 radical (unpaired) electrons. The van der Waals surface area contributed by atoms with Crippen molar-refractivity contribution in [2.45, 2.75) is 32.6 Å². The molecule has 0 aromatic carbocycles. The van der Waals surface area contributed by atoms with Gasteiger partial charge in [0.05, 0.1) is 24.8 Å². The second kappa shape index (κ2) is 6.83. The molecule has 0 atom stereocenters. The molecule has 0 saturated heterocycles. The summed E-state index contributed by atoms with van der Waals surface area (Å²) in [6.07, 6.45) is 5.31. The maximum Gasteiger partial charge on any atom is 0.306 e. The Kier molecular flexibility index (Phi) is 5.39. The van der Waals surface area contributed by atoms with Gasteiger partial charge in [-0.1, -0.05) is 13.3 Å². The van der Waals surface area contributed by atoms with Crippen molar-refractivity contribution in [3.63, 3.8) is 0 Å². The molecule has 0 aliphatic carbocycles. The lowest BCUT2D eigenvalue weighted by Crippen LogP contribution is -2.08. The highest BCUT2D eigenvalue weighted by Gasteiger charge is 2.11. The summed E-state index contributed by atoms with van der Waals surface area (Å²) < 4.78 is 6.52. The molecule has 0 spiro atoms. The van der Waals surface area contributed by atoms with Crippen LogP contribution < -0.4 is 0 Å². The quantitative estimate of drug-likeness (QED) is 0.412. The van der Waals surface area contributed by atoms with E-state index in [1.54, 1.807) is 17.9 Å². The molecule has 1 heterocycles. The third-order valence-corrected chi connectivity index (χ3v) is 2.34. The standard InChI is InChI=1S/C12H18N2O3/c1-3-4-7-17-12(16)6-5-11(15)10-8-13-14(2)9-10/h8-9H,3-7H2,1-2H3. The SMILES string of the molecule is CCCCOC(=O)CCC(=O)c1cnn(C)c1. The maximum atomic E-state index is 11.6. The highest BCUT2D eigenvalue weighted by atomic mass is 16.5. The molecular weight excluding hydrogens is 220 g/mol. The van der Waals surface area contributed by atoms with Crippen LogP contribution in [0.25, 0.3) is 0 Å². The van der Waals surface area contributed by atoms with E-state index in [0.717, 1.165) is 12.8 Å². The second-order valence-electron chi connectivity index (χ2n) is 3.90. The van der Waals surface area contributed by atoms with Crippen LogP contribution in [0.2, 0.25) is 0 Å². The highest BCUT2D eigenvalue weighted by Crippen LogP contribution is 2.05. The van der Waals surface area contributed by atoms with Gasteiger partial charge in [0.2, 0.25) is 0 Å². The molecule has 1 rings (SSSR count). The van der Waals surface area contributed by atoms with E-state index in [-0.39, 0.29) is 24.6 Å². The van der Waals surface area contributed by atoms with E-state index in [4.69, 9.17) is 4.74 Å². The third kappa shape index (κ3) is 4.80. The van der Waals surface area contributed by atoms with E-state index in [2.05, 4.69) is 5.10 Å². The van der Waals surface area contributed by atoms with Crippen LogP contribution in [0.5, 0.6) is 0 Å². The van der Waals surface area contributed by atoms with E-state index in [1.165, 1.54) is 6.20 Å². The van der Waals surface area contributed by atoms with Crippen LogP contribution in [0, 0.1) is 0 Å². The topological polar surface area (TPSA) is 61.2 Å². The molecule has 5 nitrogen and oxygen atoms in total. The van der Waals surface area contributed by atoms with Crippen molar-refractivity contribution >= 4 is 11.8 Å². The number of aryl methyl sites for hydroxylation is 1. The number of hydrogen-bond donors (Lipinski definition) is 0. The first kappa shape index (κ1) is 13.4. The lowest BCUT2D eigenvalue weighted by molar-refractivity contribution is -0.143. The minimum absolute atomic E-state index is 0.0782. The van der Waals surface area contributed by atoms with Gasteiger partial charge in [-0.2, -0.15) is 5.10 Å². The maximum absolute atomic E-state index is 11.6. The average Bonchev–Trinajstić information content (AvgIpc) is 2.73. The molecule has 0 fully saturated rings. The Balaban J connectivity index is 2.26. The van der Waals surface area contributed by atoms with Gasteiger partial charge in [0.25, 0.3) is 0 Å². The smallest absolute Gasteiger partial charge is 0.306 e. The van der Waals surface area contributed by atoms with Crippen molar-refractivity contribution in [1.29, 1.82) is 0 Å². The predicted molar refractivity (Wildman–Crippen MR) is 62.6 cm³/mol. The average molecular weight is 238 g/mol. The fourth-order valence-corrected chi connectivity index (χ4v) is 1.33. The predicted octanol–water partition coefficient (Wildman–Crippen LogP) is 1.73. The van der Waals surface area contributed by atoms with Gasteiger partial charge in [0.15, 0.2) is 5.78 Å². The van der Waals surface area contributed by atoms with Gasteiger partial charge in [0.1, 0.15) is 0 Å². The van der Waals surface area contributed by atoms with Crippen molar-refractivity contribution in [1.82, 2.24) is 9.78 Å². The molecule has 5 heteroatoms. The van der Waals surface area contributed by atoms with E-state index in [1.807, 2.05) is 6.92 Å². The molecule has 0 amide bonds. The monoisotopic (exact) mass is 238 g/mol. The number of ether oxygens (including phenoxy) is 1. The fourth-order valence-electron chi connectivity index (χ4n) is 1.33. The van der Waals surface area contributed by atoms with Gasteiger partial charge in [-0.25, -0.2) is 0 Å². The van der Waals surface area contributed by atoms with Crippen LogP contribution in [0.1, 0.15) is 43.0 Å². The number of hydrogen-bond acceptors (Lipinski definition) is 4. The van der Waals surface area contributed by atoms with E-state index in [0.29, 0.717) is 12.2 Å². The van der Waals surface area contributed by atoms with Crippen LogP contribution in [-0.2, 0) is 16.6 Å². The number of nitrogens with zero attached hydrogens (tertiary/aromatic N) is 2. The zero-order chi connectivity index (χ0) is 12.7. The Morgan fingerprint density at radius 1 is 1.41 bits per heavy atom. The Morgan fingerprint density at radius 2 is 2.18 bits per heavy atom. The number of rotatable bonds is 7. The third-order valence-electron chi connectivity index (χ3n) is 2.34. The molecular formula is C12H18N2O3. The van der Waals surface area contributed by atoms with E-state index < -0.39 is 0 Å². The zero-order valence-corrected chi connectivity index (χ0v) is 10.3. The summed E-state index contributed by atoms with van der Waals surface area (Å²) in [6, 6.07) is 0. The summed E-state index contributed by atoms with van der Waals surface area (Å²) in [5.41, 5.74) is 0.536. The van der Waals surface area contributed by atoms with Crippen LogP contribution in [0.4, 0.5) is 0 Å². The van der Waals surface area contributed by atoms with Gasteiger partial charge < -0.3 is 4.74 Å². The minimum atomic E-state index is -0.310. The first-order chi connectivity index (χ1) is 8.13. The normalized spacial score (nSPS) is 10.2. The first-order valence-electron chi connectivity index (χ1n) is 5.81. The van der Waals surface area contributed by atoms with Crippen LogP contribution in [0.15, 0.2) is 12.4 Å². The largest absolute Gasteiger partial charge is 0.466 e. The fraction of sp³-hybridized carbons (Fsp3) is 0.583. The van der Waals surface area contributed by atoms with Gasteiger partial charge >= 0.3 is 5.97 Å². The van der Waals surface area contributed by atoms with E-state index >= 15 is 0 Å². The number of carbonyl (C=O) groups excluding carboxylic acids is 2. The first-order valence-corrected chi connectivity index (χ1v) is 5.81. The Labute approximate surface area is 101 Å². The molecule has 1 aromatic heterocycles. The van der Waals surface area contributed by atoms with Gasteiger partial charge in [-0.3, -0.25) is 14.3 Å². The number of aromatic nitrogens is 2. The number of unbranched alkanes of at least 4 members (excludes halogenated alkanes) is 1. The van der Waals surface area contributed by atoms with Gasteiger partial charge in [0, 0.05) is 19.7 Å². The summed E-state index contributed by atoms with van der Waals surface area (Å²) >= 11 is 0. The Morgan fingerprint density at radius 3 is 2.76 bits per heavy atom. The number of esters is 1. The highest BCUT2D eigenvalue weighted by molar-refractivity contribution is 5.97. The molecule has 17 heavy (non-hydrogen) atoms. The summed E-state index contributed by atoms with van der Waals surface area (Å²) in [6.45, 7) is 2.47. The molecule has 94 valence electrons. The summed E-state index contributed by atoms with van der Waals surface area (Å²) in [4.78, 5) is 22.9. The number of Topliss-reactive ketones (excluding diaryl/α,β-unsaturated/α-hetero) is 1. The lowest BCUT2D eigenvalue weighted by atomic mass is 10.1. The zero-order valence-electron chi connectivity index (χ0n) is 10.3. The Bertz CT molecular complexity index is 385. The molecule has 0 N–H and O–H groups in total. The van der Waals surface area contributed by atoms with Gasteiger partial charge in [-0.05, 0) is 6.42 Å². The second-order valence-corrected chi connectivity index (χ2v) is 3.90. The molecule has 0 saturated carbocycles. The van der Waals surface area contributed by atoms with Crippen molar-refractivity contribution in [3.8, 4) is 0 Å². The summed E-state index contributed by atoms with van der Waals surface area (Å²) in [5.74, 6) is -0.388. The minimum Gasteiger partial charge on any atom is -0.466 e. The lowest BCUT2D eigenvalue weighted by Gasteiger charge is -2.02. The molecule has 1 aromatic rings. The van der Waals surface area contributed by atoms with Crippen molar-refractivity contribution in [3.05, 3.63) is 18.0 Å². The van der Waals surface area contributed by atoms with Crippen LogP contribution in [-0.4, -0.2) is 28.1 Å². The van der Waals surface area contributed by atoms with Crippen molar-refractivity contribution in [2.24, 2.45) is 7.05 Å². The summed E-state index contributed by atoms with van der Waals surface area (Å²) in [5, 5.41) is 3.91. The van der Waals surface area contributed by atoms with Crippen LogP contribution in [0.3, 0.4) is 0 Å². The van der Waals surface area contributed by atoms with Gasteiger partial charge in [-0.15, -0.1) is 0 Å². The van der Waals surface area contributed by atoms with E-state index in [9.17, 15) is 9.59 Å². The number of carbonyl (C=O) groups is 2. The molecule has 0 aliphatic rings. The van der Waals surface area contributed by atoms with Crippen molar-refractivity contribution < 1.29 is 14.3 Å². The Hall–Kier alpha value is -1.65. The molecule has 0 bridgehead atoms.